The fourth-order valence-corrected chi connectivity index (χ4v) is 3.32. The molecule has 0 fully saturated rings. The Labute approximate surface area is 142 Å². The first-order chi connectivity index (χ1) is 11.5. The van der Waals surface area contributed by atoms with Crippen LogP contribution in [0.4, 0.5) is 0 Å². The van der Waals surface area contributed by atoms with Crippen LogP contribution in [0.1, 0.15) is 5.56 Å². The van der Waals surface area contributed by atoms with Gasteiger partial charge in [-0.1, -0.05) is 0 Å². The lowest BCUT2D eigenvalue weighted by Gasteiger charge is -2.26. The highest BCUT2D eigenvalue weighted by Gasteiger charge is 2.14. The van der Waals surface area contributed by atoms with E-state index in [0.29, 0.717) is 12.3 Å². The lowest BCUT2D eigenvalue weighted by Crippen LogP contribution is -2.22. The van der Waals surface area contributed by atoms with Gasteiger partial charge in [0.15, 0.2) is 0 Å². The first kappa shape index (κ1) is 16.4. The van der Waals surface area contributed by atoms with Gasteiger partial charge in [-0.2, -0.15) is 30.0 Å². The van der Waals surface area contributed by atoms with Gasteiger partial charge in [0.2, 0.25) is 0 Å². The number of ether oxygens (including phenoxy) is 1. The van der Waals surface area contributed by atoms with E-state index in [4.69, 9.17) is 4.74 Å². The second kappa shape index (κ2) is 6.59. The number of nitrogens with zero attached hydrogens (tertiary/aromatic N) is 4. The van der Waals surface area contributed by atoms with Gasteiger partial charge in [0.1, 0.15) is 18.4 Å². The van der Waals surface area contributed by atoms with Crippen molar-refractivity contribution < 1.29 is 4.74 Å². The summed E-state index contributed by atoms with van der Waals surface area (Å²) in [6, 6.07) is 5.33. The van der Waals surface area contributed by atoms with Crippen molar-refractivity contribution in [3.8, 4) is 17.2 Å². The Balaban J connectivity index is 1.88. The summed E-state index contributed by atoms with van der Waals surface area (Å²) in [7, 11) is -1.09. The minimum Gasteiger partial charge on any atom is -0.364 e. The Morgan fingerprint density at radius 1 is 1.33 bits per heavy atom. The van der Waals surface area contributed by atoms with E-state index >= 15 is 0 Å². The molecule has 0 radical (unpaired) electrons. The molecule has 7 heteroatoms. The zero-order valence-electron chi connectivity index (χ0n) is 14.2. The Bertz CT molecular complexity index is 871. The predicted molar refractivity (Wildman–Crippen MR) is 96.1 cm³/mol. The highest BCUT2D eigenvalue weighted by Crippen LogP contribution is 2.30. The summed E-state index contributed by atoms with van der Waals surface area (Å²) in [5.74, 6) is 0. The van der Waals surface area contributed by atoms with Gasteiger partial charge < -0.3 is 9.30 Å². The number of nitrogens with one attached hydrogen (secondary N) is 1. The molecule has 3 aromatic heterocycles. The number of hydrogen-bond acceptors (Lipinski definition) is 4. The summed E-state index contributed by atoms with van der Waals surface area (Å²) in [6.07, 6.45) is 7.08. The molecule has 0 spiro atoms. The summed E-state index contributed by atoms with van der Waals surface area (Å²) in [6.45, 7) is 8.24. The van der Waals surface area contributed by atoms with Crippen LogP contribution in [0.15, 0.2) is 30.9 Å². The van der Waals surface area contributed by atoms with Gasteiger partial charge in [0.05, 0.1) is 11.8 Å². The third-order valence-corrected chi connectivity index (χ3v) is 5.63. The van der Waals surface area contributed by atoms with Gasteiger partial charge in [-0.3, -0.25) is 5.10 Å². The maximum Gasteiger partial charge on any atom is 0.142 e. The summed E-state index contributed by atoms with van der Waals surface area (Å²) in [4.78, 5) is 4.45. The zero-order valence-corrected chi connectivity index (χ0v) is 15.2. The Kier molecular flexibility index (Phi) is 4.51. The van der Waals surface area contributed by atoms with E-state index in [2.05, 4.69) is 40.9 Å². The monoisotopic (exact) mass is 339 g/mol. The van der Waals surface area contributed by atoms with Crippen molar-refractivity contribution in [2.45, 2.75) is 32.4 Å². The fraction of sp³-hybridized carbons (Fsp3) is 0.353. The van der Waals surface area contributed by atoms with Gasteiger partial charge in [-0.05, 0) is 6.07 Å². The van der Waals surface area contributed by atoms with Crippen LogP contribution >= 0.6 is 0 Å². The highest BCUT2D eigenvalue weighted by atomic mass is 28.3. The molecule has 3 rings (SSSR count). The van der Waals surface area contributed by atoms with Crippen molar-refractivity contribution in [3.05, 3.63) is 36.4 Å². The number of pyridine rings is 1. The number of fused-ring (bicyclic) bond motifs is 1. The topological polar surface area (TPSA) is 79.5 Å². The molecule has 0 aliphatic rings. The van der Waals surface area contributed by atoms with E-state index in [1.54, 1.807) is 18.6 Å². The molecule has 125 valence electrons. The second-order valence-corrected chi connectivity index (χ2v) is 12.6. The van der Waals surface area contributed by atoms with E-state index in [0.717, 1.165) is 34.8 Å². The van der Waals surface area contributed by atoms with E-state index in [1.807, 2.05) is 16.8 Å². The molecule has 0 saturated heterocycles. The van der Waals surface area contributed by atoms with Crippen LogP contribution < -0.4 is 0 Å². The van der Waals surface area contributed by atoms with Gasteiger partial charge in [0, 0.05) is 41.7 Å². The lowest BCUT2D eigenvalue weighted by atomic mass is 10.0. The van der Waals surface area contributed by atoms with Crippen LogP contribution in [0, 0.1) is 11.3 Å². The summed E-state index contributed by atoms with van der Waals surface area (Å²) in [5.41, 5.74) is 3.10. The first-order valence-corrected chi connectivity index (χ1v) is 11.6. The number of H-pyrrole nitrogens is 1. The van der Waals surface area contributed by atoms with E-state index < -0.39 is 8.07 Å². The molecule has 3 aromatic rings. The van der Waals surface area contributed by atoms with Crippen molar-refractivity contribution >= 4 is 19.1 Å². The predicted octanol–water partition coefficient (Wildman–Crippen LogP) is 3.61. The second-order valence-electron chi connectivity index (χ2n) is 7.02. The Hall–Kier alpha value is -2.43. The molecule has 3 heterocycles. The maximum absolute atomic E-state index is 9.38. The molecule has 0 bridgehead atoms. The minimum atomic E-state index is -1.09. The van der Waals surface area contributed by atoms with Crippen LogP contribution in [-0.4, -0.2) is 34.4 Å². The first-order valence-electron chi connectivity index (χ1n) is 7.94. The van der Waals surface area contributed by atoms with Gasteiger partial charge in [-0.25, -0.2) is 4.98 Å². The average molecular weight is 339 g/mol. The number of aromatic amines is 1. The van der Waals surface area contributed by atoms with Crippen molar-refractivity contribution in [1.29, 1.82) is 5.26 Å². The average Bonchev–Trinajstić information content (AvgIpc) is 3.19. The van der Waals surface area contributed by atoms with Crippen molar-refractivity contribution in [2.75, 3.05) is 6.61 Å². The lowest BCUT2D eigenvalue weighted by molar-refractivity contribution is 0.0899. The molecule has 0 atom stereocenters. The van der Waals surface area contributed by atoms with Crippen LogP contribution in [0.2, 0.25) is 25.7 Å². The van der Waals surface area contributed by atoms with Gasteiger partial charge in [0.25, 0.3) is 0 Å². The SMILES string of the molecule is C[Si-](C)(C)CCOCn1ccc2c(-c3cn[nH]c3)c(C#N)cnc21. The molecule has 0 saturated carbocycles. The third-order valence-electron chi connectivity index (χ3n) is 3.92. The Morgan fingerprint density at radius 3 is 2.83 bits per heavy atom. The highest BCUT2D eigenvalue weighted by molar-refractivity contribution is 6.76. The van der Waals surface area contributed by atoms with E-state index in [9.17, 15) is 5.26 Å². The van der Waals surface area contributed by atoms with E-state index in [-0.39, 0.29) is 0 Å². The van der Waals surface area contributed by atoms with Crippen LogP contribution in [0.5, 0.6) is 0 Å². The normalized spacial score (nSPS) is 11.8. The van der Waals surface area contributed by atoms with E-state index in [1.165, 1.54) is 0 Å². The van der Waals surface area contributed by atoms with Crippen molar-refractivity contribution in [3.63, 3.8) is 0 Å². The number of hydrogen-bond donors (Lipinski definition) is 1. The zero-order chi connectivity index (χ0) is 17.2. The van der Waals surface area contributed by atoms with Crippen LogP contribution in [0.25, 0.3) is 22.2 Å². The van der Waals surface area contributed by atoms with Crippen LogP contribution in [0.3, 0.4) is 0 Å². The maximum atomic E-state index is 9.38. The quantitative estimate of drug-likeness (QED) is 0.549. The molecule has 6 nitrogen and oxygen atoms in total. The van der Waals surface area contributed by atoms with Crippen molar-refractivity contribution in [2.24, 2.45) is 0 Å². The summed E-state index contributed by atoms with van der Waals surface area (Å²) >= 11 is 0. The third kappa shape index (κ3) is 3.40. The molecular weight excluding hydrogens is 318 g/mol. The molecule has 0 unspecified atom stereocenters. The number of aromatic nitrogens is 4. The Morgan fingerprint density at radius 2 is 2.17 bits per heavy atom. The molecule has 0 amide bonds. The summed E-state index contributed by atoms with van der Waals surface area (Å²) < 4.78 is 7.80. The van der Waals surface area contributed by atoms with Crippen LogP contribution in [-0.2, 0) is 11.5 Å². The summed E-state index contributed by atoms with van der Waals surface area (Å²) in [5, 5.41) is 17.1. The molecule has 0 aromatic carbocycles. The molecule has 0 aliphatic carbocycles. The molecular formula is C17H21N5OSi-. The van der Waals surface area contributed by atoms with Gasteiger partial charge >= 0.3 is 0 Å². The standard InChI is InChI=1S/C17H21N5OSi/c1-24(2,3)7-6-23-12-22-5-4-15-16(14-10-20-21-11-14)13(8-18)9-19-17(15)22/h4-5,9-11H,6-7,12H2,1-3H3,(H,20,21)/q-1. The molecule has 1 N–H and O–H groups in total. The number of rotatable bonds is 6. The molecule has 0 aliphatic heterocycles. The van der Waals surface area contributed by atoms with Gasteiger partial charge in [-0.15, -0.1) is 14.1 Å². The van der Waals surface area contributed by atoms with Crippen molar-refractivity contribution in [1.82, 2.24) is 19.7 Å². The number of nitriles is 1. The fourth-order valence-electron chi connectivity index (χ4n) is 2.57. The molecule has 24 heavy (non-hydrogen) atoms. The minimum absolute atomic E-state index is 0.470. The smallest absolute Gasteiger partial charge is 0.142 e. The largest absolute Gasteiger partial charge is 0.364 e.